The maximum Gasteiger partial charge on any atom is 0.335 e. The number of halogens is 1. The van der Waals surface area contributed by atoms with Crippen LogP contribution < -0.4 is 4.74 Å². The van der Waals surface area contributed by atoms with Crippen molar-refractivity contribution in [2.75, 3.05) is 0 Å². The molecular weight excluding hydrogens is 242 g/mol. The summed E-state index contributed by atoms with van der Waals surface area (Å²) >= 11 is 5.82. The Balaban J connectivity index is 2.28. The van der Waals surface area contributed by atoms with E-state index in [1.165, 1.54) is 12.1 Å². The molecule has 0 unspecified atom stereocenters. The fourth-order valence-electron chi connectivity index (χ4n) is 1.27. The first-order valence-corrected chi connectivity index (χ1v) is 5.16. The quantitative estimate of drug-likeness (QED) is 0.849. The third-order valence-electron chi connectivity index (χ3n) is 2.03. The van der Waals surface area contributed by atoms with Crippen LogP contribution in [0.1, 0.15) is 10.4 Å². The molecule has 0 atom stereocenters. The van der Waals surface area contributed by atoms with Crippen LogP contribution in [-0.2, 0) is 0 Å². The normalized spacial score (nSPS) is 9.94. The van der Waals surface area contributed by atoms with Gasteiger partial charge in [-0.2, -0.15) is 0 Å². The van der Waals surface area contributed by atoms with Crippen molar-refractivity contribution < 1.29 is 14.6 Å². The van der Waals surface area contributed by atoms with Gasteiger partial charge in [0.25, 0.3) is 0 Å². The number of carboxylic acids is 1. The van der Waals surface area contributed by atoms with Gasteiger partial charge in [-0.15, -0.1) is 0 Å². The van der Waals surface area contributed by atoms with E-state index in [2.05, 4.69) is 4.98 Å². The van der Waals surface area contributed by atoms with E-state index in [1.54, 1.807) is 30.5 Å². The number of nitrogens with zero attached hydrogens (tertiary/aromatic N) is 1. The van der Waals surface area contributed by atoms with Crippen molar-refractivity contribution in [2.45, 2.75) is 0 Å². The minimum Gasteiger partial charge on any atom is -0.478 e. The van der Waals surface area contributed by atoms with E-state index >= 15 is 0 Å². The lowest BCUT2D eigenvalue weighted by Gasteiger charge is -2.06. The minimum atomic E-state index is -1.01. The number of benzene rings is 1. The van der Waals surface area contributed by atoms with Gasteiger partial charge in [0.2, 0.25) is 0 Å². The highest BCUT2D eigenvalue weighted by Gasteiger charge is 2.06. The summed E-state index contributed by atoms with van der Waals surface area (Å²) in [4.78, 5) is 14.6. The highest BCUT2D eigenvalue weighted by Crippen LogP contribution is 2.27. The molecule has 0 aliphatic heterocycles. The summed E-state index contributed by atoms with van der Waals surface area (Å²) in [7, 11) is 0. The number of pyridine rings is 1. The molecule has 0 aliphatic rings. The lowest BCUT2D eigenvalue weighted by atomic mass is 10.2. The zero-order valence-corrected chi connectivity index (χ0v) is 9.39. The van der Waals surface area contributed by atoms with E-state index in [9.17, 15) is 4.79 Å². The number of hydrogen-bond acceptors (Lipinski definition) is 3. The number of aromatic carboxylic acids is 1. The molecule has 0 aliphatic carbocycles. The van der Waals surface area contributed by atoms with Crippen LogP contribution in [0.2, 0.25) is 5.15 Å². The van der Waals surface area contributed by atoms with Crippen molar-refractivity contribution in [1.29, 1.82) is 0 Å². The Bertz CT molecular complexity index is 557. The Morgan fingerprint density at radius 2 is 2.12 bits per heavy atom. The van der Waals surface area contributed by atoms with Crippen molar-refractivity contribution in [3.8, 4) is 11.5 Å². The van der Waals surface area contributed by atoms with Crippen LogP contribution in [-0.4, -0.2) is 16.1 Å². The number of aromatic nitrogens is 1. The monoisotopic (exact) mass is 249 g/mol. The molecule has 4 nitrogen and oxygen atoms in total. The van der Waals surface area contributed by atoms with E-state index in [0.29, 0.717) is 11.5 Å². The smallest absolute Gasteiger partial charge is 0.335 e. The Morgan fingerprint density at radius 1 is 1.29 bits per heavy atom. The maximum absolute atomic E-state index is 10.8. The number of carboxylic acid groups (broad SMARTS) is 1. The van der Waals surface area contributed by atoms with Crippen molar-refractivity contribution in [3.05, 3.63) is 53.3 Å². The second-order valence-electron chi connectivity index (χ2n) is 3.23. The first-order valence-electron chi connectivity index (χ1n) is 4.78. The highest BCUT2D eigenvalue weighted by molar-refractivity contribution is 6.30. The summed E-state index contributed by atoms with van der Waals surface area (Å²) in [6, 6.07) is 9.50. The van der Waals surface area contributed by atoms with Crippen LogP contribution in [0.5, 0.6) is 11.5 Å². The molecule has 2 rings (SSSR count). The predicted molar refractivity (Wildman–Crippen MR) is 62.7 cm³/mol. The molecule has 0 amide bonds. The van der Waals surface area contributed by atoms with Crippen molar-refractivity contribution >= 4 is 17.6 Å². The largest absolute Gasteiger partial charge is 0.478 e. The first kappa shape index (κ1) is 11.4. The molecular formula is C12H8ClNO3. The van der Waals surface area contributed by atoms with Gasteiger partial charge in [0.15, 0.2) is 10.9 Å². The molecule has 0 saturated carbocycles. The van der Waals surface area contributed by atoms with E-state index in [0.717, 1.165) is 0 Å². The van der Waals surface area contributed by atoms with Gasteiger partial charge < -0.3 is 9.84 Å². The van der Waals surface area contributed by atoms with Gasteiger partial charge in [0, 0.05) is 6.20 Å². The first-order chi connectivity index (χ1) is 8.16. The molecule has 1 heterocycles. The van der Waals surface area contributed by atoms with E-state index in [4.69, 9.17) is 21.4 Å². The number of ether oxygens (including phenoxy) is 1. The topological polar surface area (TPSA) is 59.4 Å². The molecule has 0 radical (unpaired) electrons. The van der Waals surface area contributed by atoms with Gasteiger partial charge >= 0.3 is 5.97 Å². The number of hydrogen-bond donors (Lipinski definition) is 1. The van der Waals surface area contributed by atoms with Gasteiger partial charge in [-0.1, -0.05) is 17.7 Å². The van der Waals surface area contributed by atoms with Gasteiger partial charge in [-0.05, 0) is 30.3 Å². The standard InChI is InChI=1S/C12H8ClNO3/c13-11-10(5-2-6-14-11)17-9-4-1-3-8(7-9)12(15)16/h1-7H,(H,15,16). The molecule has 1 aromatic heterocycles. The summed E-state index contributed by atoms with van der Waals surface area (Å²) < 4.78 is 5.44. The average Bonchev–Trinajstić information content (AvgIpc) is 2.32. The van der Waals surface area contributed by atoms with Crippen LogP contribution in [0.3, 0.4) is 0 Å². The number of carbonyl (C=O) groups is 1. The Labute approximate surface area is 102 Å². The summed E-state index contributed by atoms with van der Waals surface area (Å²) in [5.41, 5.74) is 0.155. The van der Waals surface area contributed by atoms with Crippen LogP contribution in [0, 0.1) is 0 Å². The third kappa shape index (κ3) is 2.73. The minimum absolute atomic E-state index is 0.155. The van der Waals surface area contributed by atoms with E-state index < -0.39 is 5.97 Å². The van der Waals surface area contributed by atoms with Crippen molar-refractivity contribution in [2.24, 2.45) is 0 Å². The molecule has 1 aromatic carbocycles. The molecule has 0 spiro atoms. The Kier molecular flexibility index (Phi) is 3.25. The Morgan fingerprint density at radius 3 is 2.82 bits per heavy atom. The molecule has 0 fully saturated rings. The third-order valence-corrected chi connectivity index (χ3v) is 2.32. The molecule has 5 heteroatoms. The fraction of sp³-hybridized carbons (Fsp3) is 0. The second kappa shape index (κ2) is 4.84. The fourth-order valence-corrected chi connectivity index (χ4v) is 1.42. The van der Waals surface area contributed by atoms with Crippen LogP contribution in [0.25, 0.3) is 0 Å². The van der Waals surface area contributed by atoms with Crippen LogP contribution in [0.4, 0.5) is 0 Å². The summed E-state index contributed by atoms with van der Waals surface area (Å²) in [5.74, 6) is -0.218. The lowest BCUT2D eigenvalue weighted by molar-refractivity contribution is 0.0696. The molecule has 17 heavy (non-hydrogen) atoms. The molecule has 0 bridgehead atoms. The van der Waals surface area contributed by atoms with E-state index in [1.807, 2.05) is 0 Å². The van der Waals surface area contributed by atoms with Crippen LogP contribution >= 0.6 is 11.6 Å². The zero-order chi connectivity index (χ0) is 12.3. The zero-order valence-electron chi connectivity index (χ0n) is 8.63. The van der Waals surface area contributed by atoms with Crippen molar-refractivity contribution in [1.82, 2.24) is 4.98 Å². The summed E-state index contributed by atoms with van der Waals surface area (Å²) in [5, 5.41) is 9.07. The maximum atomic E-state index is 10.8. The van der Waals surface area contributed by atoms with Gasteiger partial charge in [0.1, 0.15) is 5.75 Å². The molecule has 1 N–H and O–H groups in total. The average molecular weight is 250 g/mol. The second-order valence-corrected chi connectivity index (χ2v) is 3.59. The molecule has 0 saturated heterocycles. The van der Waals surface area contributed by atoms with Gasteiger partial charge in [0.05, 0.1) is 5.56 Å². The Hall–Kier alpha value is -2.07. The van der Waals surface area contributed by atoms with E-state index in [-0.39, 0.29) is 10.7 Å². The molecule has 2 aromatic rings. The van der Waals surface area contributed by atoms with Gasteiger partial charge in [-0.3, -0.25) is 0 Å². The summed E-state index contributed by atoms with van der Waals surface area (Å²) in [6.45, 7) is 0. The number of rotatable bonds is 3. The van der Waals surface area contributed by atoms with Crippen LogP contribution in [0.15, 0.2) is 42.6 Å². The summed E-state index contributed by atoms with van der Waals surface area (Å²) in [6.07, 6.45) is 1.54. The highest BCUT2D eigenvalue weighted by atomic mass is 35.5. The predicted octanol–water partition coefficient (Wildman–Crippen LogP) is 3.23. The van der Waals surface area contributed by atoms with Crippen molar-refractivity contribution in [3.63, 3.8) is 0 Å². The molecule has 86 valence electrons. The SMILES string of the molecule is O=C(O)c1cccc(Oc2cccnc2Cl)c1. The lowest BCUT2D eigenvalue weighted by Crippen LogP contribution is -1.96. The van der Waals surface area contributed by atoms with Gasteiger partial charge in [-0.25, -0.2) is 9.78 Å².